The summed E-state index contributed by atoms with van der Waals surface area (Å²) in [6.45, 7) is 4.38. The Bertz CT molecular complexity index is 181. The van der Waals surface area contributed by atoms with Gasteiger partial charge in [0.1, 0.15) is 5.76 Å². The quantitative estimate of drug-likeness (QED) is 0.664. The Kier molecular flexibility index (Phi) is 3.14. The van der Waals surface area contributed by atoms with Crippen LogP contribution in [-0.2, 0) is 0 Å². The van der Waals surface area contributed by atoms with Crippen LogP contribution in [0.2, 0.25) is 0 Å². The van der Waals surface area contributed by atoms with Gasteiger partial charge in [0.05, 0.1) is 6.20 Å². The predicted molar refractivity (Wildman–Crippen MR) is 44.4 cm³/mol. The maximum absolute atomic E-state index is 5.09. The molecule has 0 N–H and O–H groups in total. The minimum Gasteiger partial charge on any atom is -0.361 e. The first-order chi connectivity index (χ1) is 5.38. The van der Waals surface area contributed by atoms with E-state index in [2.05, 4.69) is 19.0 Å². The highest BCUT2D eigenvalue weighted by atomic mass is 16.5. The molecule has 0 aliphatic carbocycles. The van der Waals surface area contributed by atoms with Gasteiger partial charge in [-0.25, -0.2) is 0 Å². The van der Waals surface area contributed by atoms with E-state index in [0.717, 1.165) is 12.2 Å². The van der Waals surface area contributed by atoms with Crippen LogP contribution in [-0.4, -0.2) is 5.16 Å². The second-order valence-electron chi connectivity index (χ2n) is 2.81. The third-order valence-electron chi connectivity index (χ3n) is 1.99. The van der Waals surface area contributed by atoms with Crippen molar-refractivity contribution in [2.24, 2.45) is 0 Å². The molecule has 1 rings (SSSR count). The van der Waals surface area contributed by atoms with Gasteiger partial charge in [0, 0.05) is 12.0 Å². The summed E-state index contributed by atoms with van der Waals surface area (Å²) in [7, 11) is 0. The van der Waals surface area contributed by atoms with E-state index in [0.29, 0.717) is 5.92 Å². The fourth-order valence-corrected chi connectivity index (χ4v) is 1.33. The van der Waals surface area contributed by atoms with Crippen molar-refractivity contribution in [3.63, 3.8) is 0 Å². The van der Waals surface area contributed by atoms with Crippen molar-refractivity contribution in [2.45, 2.75) is 39.0 Å². The molecule has 11 heavy (non-hydrogen) atoms. The zero-order valence-corrected chi connectivity index (χ0v) is 7.21. The van der Waals surface area contributed by atoms with Gasteiger partial charge >= 0.3 is 0 Å². The number of hydrogen-bond acceptors (Lipinski definition) is 2. The summed E-state index contributed by atoms with van der Waals surface area (Å²) in [5.74, 6) is 1.61. The molecule has 0 bridgehead atoms. The summed E-state index contributed by atoms with van der Waals surface area (Å²) < 4.78 is 5.09. The molecule has 0 aliphatic heterocycles. The summed E-state index contributed by atoms with van der Waals surface area (Å²) in [5, 5.41) is 3.70. The number of nitrogens with zero attached hydrogens (tertiary/aromatic N) is 1. The summed E-state index contributed by atoms with van der Waals surface area (Å²) in [6.07, 6.45) is 5.27. The Balaban J connectivity index is 2.56. The zero-order chi connectivity index (χ0) is 8.10. The van der Waals surface area contributed by atoms with E-state index < -0.39 is 0 Å². The van der Waals surface area contributed by atoms with Crippen molar-refractivity contribution in [3.05, 3.63) is 18.0 Å². The lowest BCUT2D eigenvalue weighted by atomic mass is 9.98. The molecular weight excluding hydrogens is 138 g/mol. The van der Waals surface area contributed by atoms with Gasteiger partial charge < -0.3 is 4.52 Å². The monoisotopic (exact) mass is 153 g/mol. The molecule has 0 amide bonds. The van der Waals surface area contributed by atoms with Crippen LogP contribution >= 0.6 is 0 Å². The molecule has 1 atom stereocenters. The Hall–Kier alpha value is -0.790. The van der Waals surface area contributed by atoms with Crippen molar-refractivity contribution in [2.75, 3.05) is 0 Å². The van der Waals surface area contributed by atoms with E-state index >= 15 is 0 Å². The van der Waals surface area contributed by atoms with E-state index in [1.54, 1.807) is 6.20 Å². The third kappa shape index (κ3) is 2.07. The average Bonchev–Trinajstić information content (AvgIpc) is 2.52. The van der Waals surface area contributed by atoms with E-state index in [4.69, 9.17) is 4.52 Å². The highest BCUT2D eigenvalue weighted by molar-refractivity contribution is 5.00. The van der Waals surface area contributed by atoms with Gasteiger partial charge in [-0.2, -0.15) is 0 Å². The second-order valence-corrected chi connectivity index (χ2v) is 2.81. The van der Waals surface area contributed by atoms with Gasteiger partial charge in [-0.05, 0) is 12.8 Å². The Morgan fingerprint density at radius 1 is 1.55 bits per heavy atom. The van der Waals surface area contributed by atoms with Gasteiger partial charge in [0.25, 0.3) is 0 Å². The molecule has 1 aromatic rings. The second kappa shape index (κ2) is 4.16. The molecule has 0 aliphatic rings. The molecule has 2 nitrogen and oxygen atoms in total. The third-order valence-corrected chi connectivity index (χ3v) is 1.99. The lowest BCUT2D eigenvalue weighted by Gasteiger charge is -2.07. The average molecular weight is 153 g/mol. The van der Waals surface area contributed by atoms with Crippen molar-refractivity contribution < 1.29 is 4.52 Å². The van der Waals surface area contributed by atoms with Crippen molar-refractivity contribution in [1.29, 1.82) is 0 Å². The standard InChI is InChI=1S/C9H15NO/c1-3-5-8(4-2)9-6-7-10-11-9/h6-8H,3-5H2,1-2H3. The van der Waals surface area contributed by atoms with Gasteiger partial charge in [0.15, 0.2) is 0 Å². The van der Waals surface area contributed by atoms with Gasteiger partial charge in [0.2, 0.25) is 0 Å². The normalized spacial score (nSPS) is 13.3. The minimum atomic E-state index is 0.572. The summed E-state index contributed by atoms with van der Waals surface area (Å²) >= 11 is 0. The summed E-state index contributed by atoms with van der Waals surface area (Å²) in [6, 6.07) is 1.96. The smallest absolute Gasteiger partial charge is 0.139 e. The molecular formula is C9H15NO. The highest BCUT2D eigenvalue weighted by Gasteiger charge is 2.10. The Morgan fingerprint density at radius 2 is 2.36 bits per heavy atom. The Labute approximate surface area is 67.6 Å². The minimum absolute atomic E-state index is 0.572. The van der Waals surface area contributed by atoms with E-state index in [-0.39, 0.29) is 0 Å². The SMILES string of the molecule is CCCC(CC)c1ccno1. The highest BCUT2D eigenvalue weighted by Crippen LogP contribution is 2.23. The zero-order valence-electron chi connectivity index (χ0n) is 7.21. The van der Waals surface area contributed by atoms with Gasteiger partial charge in [-0.1, -0.05) is 25.4 Å². The van der Waals surface area contributed by atoms with Crippen LogP contribution in [0.4, 0.5) is 0 Å². The molecule has 2 heteroatoms. The molecule has 1 unspecified atom stereocenters. The molecule has 0 saturated heterocycles. The lowest BCUT2D eigenvalue weighted by Crippen LogP contribution is -1.94. The predicted octanol–water partition coefficient (Wildman–Crippen LogP) is 2.97. The van der Waals surface area contributed by atoms with Crippen molar-refractivity contribution in [3.8, 4) is 0 Å². The molecule has 0 radical (unpaired) electrons. The number of rotatable bonds is 4. The van der Waals surface area contributed by atoms with Crippen LogP contribution in [0.1, 0.15) is 44.8 Å². The largest absolute Gasteiger partial charge is 0.361 e. The van der Waals surface area contributed by atoms with Crippen LogP contribution in [0.3, 0.4) is 0 Å². The fraction of sp³-hybridized carbons (Fsp3) is 0.667. The number of aromatic nitrogens is 1. The molecule has 0 saturated carbocycles. The van der Waals surface area contributed by atoms with Crippen molar-refractivity contribution >= 4 is 0 Å². The van der Waals surface area contributed by atoms with Crippen molar-refractivity contribution in [1.82, 2.24) is 5.16 Å². The van der Waals surface area contributed by atoms with Gasteiger partial charge in [-0.3, -0.25) is 0 Å². The maximum atomic E-state index is 5.09. The first-order valence-corrected chi connectivity index (χ1v) is 4.29. The molecule has 0 fully saturated rings. The summed E-state index contributed by atoms with van der Waals surface area (Å²) in [5.41, 5.74) is 0. The van der Waals surface area contributed by atoms with Crippen LogP contribution in [0.25, 0.3) is 0 Å². The van der Waals surface area contributed by atoms with E-state index in [1.165, 1.54) is 12.8 Å². The molecule has 1 heterocycles. The van der Waals surface area contributed by atoms with Crippen LogP contribution < -0.4 is 0 Å². The fourth-order valence-electron chi connectivity index (χ4n) is 1.33. The first-order valence-electron chi connectivity index (χ1n) is 4.29. The molecule has 1 aromatic heterocycles. The maximum Gasteiger partial charge on any atom is 0.139 e. The topological polar surface area (TPSA) is 26.0 Å². The lowest BCUT2D eigenvalue weighted by molar-refractivity contribution is 0.348. The molecule has 0 aromatic carbocycles. The molecule has 0 spiro atoms. The van der Waals surface area contributed by atoms with E-state index in [9.17, 15) is 0 Å². The van der Waals surface area contributed by atoms with Crippen LogP contribution in [0.5, 0.6) is 0 Å². The first kappa shape index (κ1) is 8.31. The van der Waals surface area contributed by atoms with Crippen LogP contribution in [0.15, 0.2) is 16.8 Å². The van der Waals surface area contributed by atoms with Gasteiger partial charge in [-0.15, -0.1) is 0 Å². The Morgan fingerprint density at radius 3 is 2.82 bits per heavy atom. The summed E-state index contributed by atoms with van der Waals surface area (Å²) in [4.78, 5) is 0. The number of hydrogen-bond donors (Lipinski definition) is 0. The van der Waals surface area contributed by atoms with E-state index in [1.807, 2.05) is 6.07 Å². The molecule has 62 valence electrons. The van der Waals surface area contributed by atoms with Crippen LogP contribution in [0, 0.1) is 0 Å².